The largest absolute Gasteiger partial charge is 0.352 e. The fourth-order valence-corrected chi connectivity index (χ4v) is 3.72. The molecule has 0 N–H and O–H groups in total. The molecule has 2 nitrogen and oxygen atoms in total. The van der Waals surface area contributed by atoms with Crippen LogP contribution in [0.15, 0.2) is 48.7 Å². The van der Waals surface area contributed by atoms with E-state index in [-0.39, 0.29) is 10.8 Å². The first-order valence-corrected chi connectivity index (χ1v) is 7.27. The number of benzene rings is 1. The topological polar surface area (TPSA) is 6.48 Å². The number of para-hydroxylation sites is 2. The van der Waals surface area contributed by atoms with Crippen LogP contribution in [0.2, 0.25) is 0 Å². The first kappa shape index (κ1) is 13.3. The van der Waals surface area contributed by atoms with Crippen molar-refractivity contribution in [3.63, 3.8) is 0 Å². The molecule has 2 aliphatic rings. The van der Waals surface area contributed by atoms with Gasteiger partial charge in [0, 0.05) is 18.7 Å². The molecule has 1 unspecified atom stereocenters. The van der Waals surface area contributed by atoms with Crippen LogP contribution in [0.25, 0.3) is 0 Å². The fraction of sp³-hybridized carbons (Fsp3) is 0.444. The molecule has 0 radical (unpaired) electrons. The molecule has 0 saturated heterocycles. The smallest absolute Gasteiger partial charge is 0.111 e. The molecule has 1 atom stereocenters. The van der Waals surface area contributed by atoms with Crippen LogP contribution in [0.4, 0.5) is 11.4 Å². The molecule has 106 valence electrons. The van der Waals surface area contributed by atoms with Crippen LogP contribution in [0, 0.1) is 10.8 Å². The lowest BCUT2D eigenvalue weighted by Gasteiger charge is -2.54. The summed E-state index contributed by atoms with van der Waals surface area (Å²) in [6, 6.07) is 8.64. The fourth-order valence-electron chi connectivity index (χ4n) is 3.72. The Bertz CT molecular complexity index is 595. The van der Waals surface area contributed by atoms with Crippen LogP contribution in [-0.4, -0.2) is 13.2 Å². The molecule has 2 heterocycles. The number of fused-ring (bicyclic) bond motifs is 3. The van der Waals surface area contributed by atoms with E-state index in [1.807, 2.05) is 6.08 Å². The second-order valence-electron chi connectivity index (χ2n) is 7.02. The molecule has 20 heavy (non-hydrogen) atoms. The summed E-state index contributed by atoms with van der Waals surface area (Å²) in [7, 11) is 2.20. The standard InChI is InChI=1S/C18H24N2/c1-7-13-12-20-15-11-9-8-10-14(15)19(6)16(20)18(4,5)17(13,2)3/h7-12,16H,1H2,2-6H3. The lowest BCUT2D eigenvalue weighted by atomic mass is 9.60. The third kappa shape index (κ3) is 1.39. The third-order valence-electron chi connectivity index (χ3n) is 5.65. The molecule has 0 spiro atoms. The van der Waals surface area contributed by atoms with E-state index < -0.39 is 0 Å². The molecule has 0 fully saturated rings. The zero-order chi connectivity index (χ0) is 14.7. The molecule has 3 rings (SSSR count). The normalized spacial score (nSPS) is 25.9. The van der Waals surface area contributed by atoms with Gasteiger partial charge in [-0.2, -0.15) is 0 Å². The number of allylic oxidation sites excluding steroid dienone is 2. The van der Waals surface area contributed by atoms with Crippen LogP contribution >= 0.6 is 0 Å². The SMILES string of the molecule is C=CC1=CN2c3ccccc3N(C)C2C(C)(C)C1(C)C. The first-order chi connectivity index (χ1) is 9.32. The molecule has 0 aromatic heterocycles. The molecule has 2 heteroatoms. The summed E-state index contributed by atoms with van der Waals surface area (Å²) in [5, 5.41) is 0. The summed E-state index contributed by atoms with van der Waals surface area (Å²) in [4.78, 5) is 4.82. The maximum Gasteiger partial charge on any atom is 0.111 e. The van der Waals surface area contributed by atoms with Gasteiger partial charge in [-0.1, -0.05) is 52.5 Å². The van der Waals surface area contributed by atoms with Crippen molar-refractivity contribution < 1.29 is 0 Å². The average molecular weight is 268 g/mol. The highest BCUT2D eigenvalue weighted by atomic mass is 15.4. The zero-order valence-electron chi connectivity index (χ0n) is 13.1. The van der Waals surface area contributed by atoms with Gasteiger partial charge in [0.1, 0.15) is 6.17 Å². The van der Waals surface area contributed by atoms with Crippen molar-refractivity contribution in [2.45, 2.75) is 33.9 Å². The third-order valence-corrected chi connectivity index (χ3v) is 5.65. The Hall–Kier alpha value is -1.70. The van der Waals surface area contributed by atoms with E-state index in [0.717, 1.165) is 0 Å². The van der Waals surface area contributed by atoms with Gasteiger partial charge in [-0.3, -0.25) is 0 Å². The number of nitrogens with zero attached hydrogens (tertiary/aromatic N) is 2. The molecular formula is C18H24N2. The molecular weight excluding hydrogens is 244 g/mol. The van der Waals surface area contributed by atoms with Crippen molar-refractivity contribution in [1.82, 2.24) is 0 Å². The van der Waals surface area contributed by atoms with Gasteiger partial charge in [0.2, 0.25) is 0 Å². The predicted octanol–water partition coefficient (Wildman–Crippen LogP) is 4.40. The summed E-state index contributed by atoms with van der Waals surface area (Å²) in [5.41, 5.74) is 4.11. The highest BCUT2D eigenvalue weighted by molar-refractivity contribution is 5.80. The zero-order valence-corrected chi connectivity index (χ0v) is 13.1. The van der Waals surface area contributed by atoms with E-state index in [0.29, 0.717) is 6.17 Å². The van der Waals surface area contributed by atoms with E-state index in [9.17, 15) is 0 Å². The van der Waals surface area contributed by atoms with E-state index in [1.54, 1.807) is 0 Å². The minimum Gasteiger partial charge on any atom is -0.352 e. The molecule has 0 aliphatic carbocycles. The van der Waals surface area contributed by atoms with E-state index in [4.69, 9.17) is 0 Å². The van der Waals surface area contributed by atoms with Crippen molar-refractivity contribution in [2.24, 2.45) is 10.8 Å². The Labute approximate surface area is 122 Å². The Balaban J connectivity index is 2.24. The minimum atomic E-state index is 0.0895. The number of hydrogen-bond acceptors (Lipinski definition) is 2. The number of rotatable bonds is 1. The van der Waals surface area contributed by atoms with Gasteiger partial charge < -0.3 is 9.80 Å². The summed E-state index contributed by atoms with van der Waals surface area (Å²) >= 11 is 0. The van der Waals surface area contributed by atoms with Crippen molar-refractivity contribution in [2.75, 3.05) is 16.8 Å². The van der Waals surface area contributed by atoms with Gasteiger partial charge in [-0.25, -0.2) is 0 Å². The van der Waals surface area contributed by atoms with Crippen LogP contribution in [-0.2, 0) is 0 Å². The highest BCUT2D eigenvalue weighted by Crippen LogP contribution is 2.57. The molecule has 1 aromatic carbocycles. The summed E-state index contributed by atoms with van der Waals surface area (Å²) in [5.74, 6) is 0. The van der Waals surface area contributed by atoms with Crippen molar-refractivity contribution in [3.05, 3.63) is 48.7 Å². The van der Waals surface area contributed by atoms with E-state index >= 15 is 0 Å². The molecule has 0 saturated carbocycles. The van der Waals surface area contributed by atoms with Crippen molar-refractivity contribution in [1.29, 1.82) is 0 Å². The second kappa shape index (κ2) is 3.91. The second-order valence-corrected chi connectivity index (χ2v) is 7.02. The number of anilines is 2. The maximum absolute atomic E-state index is 4.03. The quantitative estimate of drug-likeness (QED) is 0.744. The minimum absolute atomic E-state index is 0.0895. The Morgan fingerprint density at radius 1 is 1.10 bits per heavy atom. The van der Waals surface area contributed by atoms with Crippen LogP contribution in [0.5, 0.6) is 0 Å². The summed E-state index contributed by atoms with van der Waals surface area (Å²) in [6.07, 6.45) is 4.64. The van der Waals surface area contributed by atoms with E-state index in [1.165, 1.54) is 16.9 Å². The van der Waals surface area contributed by atoms with Crippen molar-refractivity contribution >= 4 is 11.4 Å². The molecule has 2 aliphatic heterocycles. The molecule has 1 aromatic rings. The van der Waals surface area contributed by atoms with Crippen molar-refractivity contribution in [3.8, 4) is 0 Å². The Morgan fingerprint density at radius 2 is 1.70 bits per heavy atom. The first-order valence-electron chi connectivity index (χ1n) is 7.27. The highest BCUT2D eigenvalue weighted by Gasteiger charge is 2.54. The monoisotopic (exact) mass is 268 g/mol. The van der Waals surface area contributed by atoms with Gasteiger partial charge in [0.15, 0.2) is 0 Å². The lowest BCUT2D eigenvalue weighted by molar-refractivity contribution is 0.108. The summed E-state index contributed by atoms with van der Waals surface area (Å²) in [6.45, 7) is 13.4. The van der Waals surface area contributed by atoms with E-state index in [2.05, 4.69) is 81.6 Å². The lowest BCUT2D eigenvalue weighted by Crippen LogP contribution is -2.58. The van der Waals surface area contributed by atoms with Gasteiger partial charge >= 0.3 is 0 Å². The van der Waals surface area contributed by atoms with Gasteiger partial charge in [-0.15, -0.1) is 0 Å². The Kier molecular flexibility index (Phi) is 2.60. The van der Waals surface area contributed by atoms with Crippen LogP contribution in [0.1, 0.15) is 27.7 Å². The summed E-state index contributed by atoms with van der Waals surface area (Å²) < 4.78 is 0. The molecule has 0 amide bonds. The van der Waals surface area contributed by atoms with Crippen LogP contribution < -0.4 is 9.80 Å². The predicted molar refractivity (Wildman–Crippen MR) is 87.0 cm³/mol. The Morgan fingerprint density at radius 3 is 2.30 bits per heavy atom. The van der Waals surface area contributed by atoms with Gasteiger partial charge in [0.25, 0.3) is 0 Å². The average Bonchev–Trinajstić information content (AvgIpc) is 2.68. The van der Waals surface area contributed by atoms with Crippen LogP contribution in [0.3, 0.4) is 0 Å². The number of hydrogen-bond donors (Lipinski definition) is 0. The van der Waals surface area contributed by atoms with Gasteiger partial charge in [0.05, 0.1) is 11.4 Å². The molecule has 0 bridgehead atoms. The maximum atomic E-state index is 4.03. The van der Waals surface area contributed by atoms with Gasteiger partial charge in [-0.05, 0) is 23.1 Å².